The van der Waals surface area contributed by atoms with Gasteiger partial charge in [0.15, 0.2) is 6.29 Å². The van der Waals surface area contributed by atoms with Crippen molar-refractivity contribution in [2.24, 2.45) is 45.3 Å². The first-order valence-electron chi connectivity index (χ1n) is 17.3. The first-order chi connectivity index (χ1) is 20.3. The zero-order valence-electron chi connectivity index (χ0n) is 28.5. The van der Waals surface area contributed by atoms with Crippen LogP contribution in [-0.4, -0.2) is 85.8 Å². The van der Waals surface area contributed by atoms with Crippen LogP contribution < -0.4 is 0 Å². The Morgan fingerprint density at radius 3 is 2.18 bits per heavy atom. The van der Waals surface area contributed by atoms with Crippen LogP contribution in [0, 0.1) is 45.3 Å². The molecule has 5 rings (SSSR count). The highest BCUT2D eigenvalue weighted by Gasteiger charge is 2.71. The van der Waals surface area contributed by atoms with E-state index in [2.05, 4.69) is 54.5 Å². The van der Waals surface area contributed by atoms with E-state index in [9.17, 15) is 30.6 Å². The molecule has 1 aliphatic heterocycles. The van der Waals surface area contributed by atoms with Gasteiger partial charge in [-0.1, -0.05) is 46.3 Å². The van der Waals surface area contributed by atoms with Crippen LogP contribution >= 0.6 is 0 Å². The topological polar surface area (TPSA) is 140 Å². The Morgan fingerprint density at radius 2 is 1.55 bits per heavy atom. The number of hydrogen-bond acceptors (Lipinski definition) is 8. The van der Waals surface area contributed by atoms with E-state index in [4.69, 9.17) is 9.47 Å². The van der Waals surface area contributed by atoms with Crippen molar-refractivity contribution < 1.29 is 40.1 Å². The van der Waals surface area contributed by atoms with Gasteiger partial charge in [-0.3, -0.25) is 0 Å². The van der Waals surface area contributed by atoms with Gasteiger partial charge in [-0.2, -0.15) is 0 Å². The molecule has 0 spiro atoms. The lowest BCUT2D eigenvalue weighted by Gasteiger charge is -2.70. The summed E-state index contributed by atoms with van der Waals surface area (Å²) < 4.78 is 12.2. The molecule has 0 aromatic carbocycles. The van der Waals surface area contributed by atoms with Crippen molar-refractivity contribution in [1.82, 2.24) is 0 Å². The average Bonchev–Trinajstić information content (AvgIpc) is 3.32. The number of rotatable bonds is 7. The summed E-state index contributed by atoms with van der Waals surface area (Å²) in [7, 11) is 0. The highest BCUT2D eigenvalue weighted by molar-refractivity contribution is 5.20. The molecule has 6 N–H and O–H groups in total. The van der Waals surface area contributed by atoms with Crippen molar-refractivity contribution in [3.8, 4) is 0 Å². The number of fused-ring (bicyclic) bond motifs is 5. The van der Waals surface area contributed by atoms with Crippen LogP contribution in [0.5, 0.6) is 0 Å². The molecule has 0 amide bonds. The quantitative estimate of drug-likeness (QED) is 0.182. The van der Waals surface area contributed by atoms with Gasteiger partial charge in [0.1, 0.15) is 24.4 Å². The molecule has 4 aliphatic carbocycles. The SMILES string of the molecule is CC(C)=CCC[C@](C)(O)C1CC[C@]2(C)C1C(O)CC1C3(C)CCC(O[C@@H]4O[C@H](CO)[C@@H](O)[C@H](O)[C@H]4O)C(C)(C)C3CCC12C. The first kappa shape index (κ1) is 34.7. The summed E-state index contributed by atoms with van der Waals surface area (Å²) in [6.45, 7) is 17.5. The third-order valence-corrected chi connectivity index (χ3v) is 14.5. The lowest BCUT2D eigenvalue weighted by molar-refractivity contribution is -0.332. The summed E-state index contributed by atoms with van der Waals surface area (Å²) in [6, 6.07) is 0. The summed E-state index contributed by atoms with van der Waals surface area (Å²) in [5, 5.41) is 64.8. The fourth-order valence-corrected chi connectivity index (χ4v) is 11.9. The Bertz CT molecular complexity index is 1070. The van der Waals surface area contributed by atoms with Crippen molar-refractivity contribution in [2.75, 3.05) is 6.61 Å². The van der Waals surface area contributed by atoms with E-state index >= 15 is 0 Å². The zero-order valence-corrected chi connectivity index (χ0v) is 28.5. The number of hydrogen-bond donors (Lipinski definition) is 6. The number of aliphatic hydroxyl groups is 6. The van der Waals surface area contributed by atoms with Crippen molar-refractivity contribution in [2.45, 2.75) is 162 Å². The second-order valence-electron chi connectivity index (χ2n) is 17.3. The zero-order chi connectivity index (χ0) is 32.6. The molecular weight excluding hydrogens is 560 g/mol. The van der Waals surface area contributed by atoms with E-state index in [1.54, 1.807) is 0 Å². The fourth-order valence-electron chi connectivity index (χ4n) is 11.9. The standard InChI is InChI=1S/C36H62O8/c1-20(2)10-9-14-36(8,42)21-11-16-35(7)27(21)22(38)18-25-33(5)15-13-26(32(3,4)24(33)12-17-34(25,35)6)44-31-30(41)29(40)28(39)23(19-37)43-31/h10,21-31,37-42H,9,11-19H2,1-8H3/t21?,22?,23-,24?,25?,26?,27?,28-,29+,30-,31+,33?,34?,35-,36+/m1/s1. The van der Waals surface area contributed by atoms with Crippen molar-refractivity contribution in [3.63, 3.8) is 0 Å². The van der Waals surface area contributed by atoms with Crippen molar-refractivity contribution in [1.29, 1.82) is 0 Å². The highest BCUT2D eigenvalue weighted by atomic mass is 16.7. The molecular formula is C36H62O8. The van der Waals surface area contributed by atoms with Gasteiger partial charge in [-0.15, -0.1) is 0 Å². The largest absolute Gasteiger partial charge is 0.394 e. The van der Waals surface area contributed by atoms with Gasteiger partial charge < -0.3 is 40.1 Å². The monoisotopic (exact) mass is 622 g/mol. The van der Waals surface area contributed by atoms with E-state index in [1.807, 2.05) is 6.92 Å². The van der Waals surface area contributed by atoms with E-state index < -0.39 is 49.0 Å². The minimum Gasteiger partial charge on any atom is -0.394 e. The maximum atomic E-state index is 12.0. The fraction of sp³-hybridized carbons (Fsp3) is 0.944. The second-order valence-corrected chi connectivity index (χ2v) is 17.3. The number of allylic oxidation sites excluding steroid dienone is 2. The lowest BCUT2D eigenvalue weighted by Crippen LogP contribution is -2.67. The molecule has 15 atom stereocenters. The molecule has 0 aromatic heterocycles. The smallest absolute Gasteiger partial charge is 0.186 e. The second kappa shape index (κ2) is 11.8. The third-order valence-electron chi connectivity index (χ3n) is 14.5. The van der Waals surface area contributed by atoms with E-state index in [-0.39, 0.29) is 39.6 Å². The van der Waals surface area contributed by atoms with E-state index in [1.165, 1.54) is 5.57 Å². The predicted octanol–water partition coefficient (Wildman–Crippen LogP) is 4.32. The van der Waals surface area contributed by atoms with Crippen LogP contribution in [0.25, 0.3) is 0 Å². The number of ether oxygens (including phenoxy) is 2. The maximum absolute atomic E-state index is 12.0. The van der Waals surface area contributed by atoms with Gasteiger partial charge in [0.2, 0.25) is 0 Å². The minimum atomic E-state index is -1.46. The molecule has 1 saturated heterocycles. The number of aliphatic hydroxyl groups excluding tert-OH is 5. The van der Waals surface area contributed by atoms with Gasteiger partial charge in [-0.25, -0.2) is 0 Å². The Balaban J connectivity index is 1.37. The molecule has 0 aromatic rings. The van der Waals surface area contributed by atoms with Crippen LogP contribution in [-0.2, 0) is 9.47 Å². The van der Waals surface area contributed by atoms with E-state index in [0.29, 0.717) is 18.3 Å². The molecule has 5 aliphatic rings. The van der Waals surface area contributed by atoms with Crippen molar-refractivity contribution >= 4 is 0 Å². The van der Waals surface area contributed by atoms with Gasteiger partial charge in [0, 0.05) is 0 Å². The first-order valence-corrected chi connectivity index (χ1v) is 17.3. The normalized spacial score (nSPS) is 51.5. The Hall–Kier alpha value is -0.580. The summed E-state index contributed by atoms with van der Waals surface area (Å²) in [6.07, 6.45) is 3.15. The molecule has 8 unspecified atom stereocenters. The summed E-state index contributed by atoms with van der Waals surface area (Å²) in [5.74, 6) is 0.792. The molecule has 0 bridgehead atoms. The highest BCUT2D eigenvalue weighted by Crippen LogP contribution is 2.76. The summed E-state index contributed by atoms with van der Waals surface area (Å²) in [4.78, 5) is 0. The van der Waals surface area contributed by atoms with Gasteiger partial charge in [0.05, 0.1) is 24.4 Å². The Morgan fingerprint density at radius 1 is 0.886 bits per heavy atom. The van der Waals surface area contributed by atoms with Crippen LogP contribution in [0.4, 0.5) is 0 Å². The molecule has 254 valence electrons. The molecule has 44 heavy (non-hydrogen) atoms. The molecule has 4 saturated carbocycles. The molecule has 8 nitrogen and oxygen atoms in total. The molecule has 5 fully saturated rings. The predicted molar refractivity (Wildman–Crippen MR) is 168 cm³/mol. The summed E-state index contributed by atoms with van der Waals surface area (Å²) >= 11 is 0. The maximum Gasteiger partial charge on any atom is 0.186 e. The van der Waals surface area contributed by atoms with Crippen LogP contribution in [0.3, 0.4) is 0 Å². The molecule has 1 heterocycles. The lowest BCUT2D eigenvalue weighted by atomic mass is 9.35. The van der Waals surface area contributed by atoms with Crippen LogP contribution in [0.2, 0.25) is 0 Å². The van der Waals surface area contributed by atoms with Crippen molar-refractivity contribution in [3.05, 3.63) is 11.6 Å². The van der Waals surface area contributed by atoms with Gasteiger partial charge in [-0.05, 0) is 124 Å². The molecule has 8 heteroatoms. The Kier molecular flexibility index (Phi) is 9.35. The summed E-state index contributed by atoms with van der Waals surface area (Å²) in [5.41, 5.74) is 0.122. The van der Waals surface area contributed by atoms with Crippen LogP contribution in [0.1, 0.15) is 113 Å². The van der Waals surface area contributed by atoms with Gasteiger partial charge >= 0.3 is 0 Å². The van der Waals surface area contributed by atoms with Crippen LogP contribution in [0.15, 0.2) is 11.6 Å². The molecule has 0 radical (unpaired) electrons. The Labute approximate surface area is 265 Å². The van der Waals surface area contributed by atoms with Gasteiger partial charge in [0.25, 0.3) is 0 Å². The minimum absolute atomic E-state index is 0.0231. The average molecular weight is 623 g/mol. The van der Waals surface area contributed by atoms with E-state index in [0.717, 1.165) is 51.4 Å². The third kappa shape index (κ3) is 5.26.